The van der Waals surface area contributed by atoms with E-state index >= 15 is 0 Å². The van der Waals surface area contributed by atoms with Crippen LogP contribution in [0.4, 0.5) is 5.69 Å². The van der Waals surface area contributed by atoms with Gasteiger partial charge in [0.1, 0.15) is 10.9 Å². The number of allylic oxidation sites excluding steroid dienone is 2. The van der Waals surface area contributed by atoms with Gasteiger partial charge in [-0.2, -0.15) is 0 Å². The van der Waals surface area contributed by atoms with Gasteiger partial charge in [0, 0.05) is 5.69 Å². The Labute approximate surface area is 131 Å². The van der Waals surface area contributed by atoms with Crippen LogP contribution in [-0.2, 0) is 9.59 Å². The Balaban J connectivity index is 2.08. The average Bonchev–Trinajstić information content (AvgIpc) is 2.68. The molecule has 0 spiro atoms. The maximum atomic E-state index is 12.0. The maximum Gasteiger partial charge on any atom is 0.323 e. The Bertz CT molecular complexity index is 651. The number of amides is 1. The fraction of sp³-hybridized carbons (Fsp3) is 0.0714. The zero-order valence-electron chi connectivity index (χ0n) is 10.9. The predicted molar refractivity (Wildman–Crippen MR) is 87.5 cm³/mol. The number of thiocarbonyl (C=S) groups is 1. The fourth-order valence-electron chi connectivity index (χ4n) is 1.64. The summed E-state index contributed by atoms with van der Waals surface area (Å²) in [6, 6.07) is 7.28. The summed E-state index contributed by atoms with van der Waals surface area (Å²) in [5.74, 6) is -1.47. The van der Waals surface area contributed by atoms with E-state index in [1.54, 1.807) is 24.3 Å². The van der Waals surface area contributed by atoms with Gasteiger partial charge in [-0.3, -0.25) is 14.5 Å². The molecule has 5 nitrogen and oxygen atoms in total. The number of carboxylic acids is 1. The highest BCUT2D eigenvalue weighted by Crippen LogP contribution is 2.30. The third-order valence-corrected chi connectivity index (χ3v) is 4.04. The zero-order chi connectivity index (χ0) is 15.4. The van der Waals surface area contributed by atoms with Gasteiger partial charge in [0.2, 0.25) is 0 Å². The average molecular weight is 320 g/mol. The van der Waals surface area contributed by atoms with E-state index < -0.39 is 12.5 Å². The van der Waals surface area contributed by atoms with Crippen molar-refractivity contribution in [2.45, 2.75) is 0 Å². The van der Waals surface area contributed by atoms with Crippen molar-refractivity contribution in [2.75, 3.05) is 12.3 Å². The van der Waals surface area contributed by atoms with Crippen LogP contribution in [0.2, 0.25) is 0 Å². The second kappa shape index (κ2) is 6.55. The molecule has 21 heavy (non-hydrogen) atoms. The molecule has 1 aliphatic rings. The number of nitrogens with zero attached hydrogens (tertiary/aromatic N) is 1. The molecule has 0 atom stereocenters. The zero-order valence-corrected chi connectivity index (χ0v) is 12.5. The van der Waals surface area contributed by atoms with Crippen LogP contribution in [0.5, 0.6) is 0 Å². The molecule has 2 rings (SSSR count). The van der Waals surface area contributed by atoms with E-state index in [2.05, 4.69) is 0 Å². The van der Waals surface area contributed by atoms with Crippen LogP contribution in [0, 0.1) is 0 Å². The summed E-state index contributed by atoms with van der Waals surface area (Å²) < 4.78 is 0.259. The molecule has 108 valence electrons. The van der Waals surface area contributed by atoms with Gasteiger partial charge in [0.05, 0.1) is 4.91 Å². The molecule has 0 saturated carbocycles. The van der Waals surface area contributed by atoms with Crippen molar-refractivity contribution in [3.05, 3.63) is 46.9 Å². The Hall–Kier alpha value is -2.12. The molecule has 7 heteroatoms. The van der Waals surface area contributed by atoms with E-state index in [0.29, 0.717) is 10.6 Å². The third kappa shape index (κ3) is 3.93. The number of carbonyl (C=O) groups excluding carboxylic acids is 1. The standard InChI is InChI=1S/C14H12N2O3S2/c15-10-6-4-9(5-7-10)2-1-3-11-13(19)16(8-12(17)18)14(20)21-11/h1-7H,8,15H2,(H,17,18). The normalized spacial score (nSPS) is 17.1. The lowest BCUT2D eigenvalue weighted by molar-refractivity contribution is -0.140. The molecule has 1 aromatic rings. The lowest BCUT2D eigenvalue weighted by Gasteiger charge is -2.09. The first kappa shape index (κ1) is 15.3. The van der Waals surface area contributed by atoms with Crippen molar-refractivity contribution in [3.63, 3.8) is 0 Å². The first-order chi connectivity index (χ1) is 9.97. The van der Waals surface area contributed by atoms with Crippen LogP contribution in [0.3, 0.4) is 0 Å². The van der Waals surface area contributed by atoms with Crippen molar-refractivity contribution in [2.24, 2.45) is 0 Å². The van der Waals surface area contributed by atoms with Gasteiger partial charge >= 0.3 is 5.97 Å². The number of thioether (sulfide) groups is 1. The molecule has 0 aliphatic carbocycles. The number of carboxylic acid groups (broad SMARTS) is 1. The van der Waals surface area contributed by atoms with Crippen LogP contribution >= 0.6 is 24.0 Å². The Morgan fingerprint density at radius 1 is 1.38 bits per heavy atom. The van der Waals surface area contributed by atoms with Crippen LogP contribution in [-0.4, -0.2) is 32.7 Å². The molecule has 3 N–H and O–H groups in total. The lowest BCUT2D eigenvalue weighted by atomic mass is 10.2. The first-order valence-electron chi connectivity index (χ1n) is 5.97. The highest BCUT2D eigenvalue weighted by atomic mass is 32.2. The van der Waals surface area contributed by atoms with Crippen molar-refractivity contribution in [1.82, 2.24) is 4.90 Å². The highest BCUT2D eigenvalue weighted by molar-refractivity contribution is 8.26. The molecule has 1 heterocycles. The van der Waals surface area contributed by atoms with Gasteiger partial charge in [0.15, 0.2) is 0 Å². The van der Waals surface area contributed by atoms with E-state index in [1.807, 2.05) is 18.2 Å². The van der Waals surface area contributed by atoms with Gasteiger partial charge in [-0.1, -0.05) is 48.3 Å². The molecule has 0 aromatic heterocycles. The Kier molecular flexibility index (Phi) is 4.77. The van der Waals surface area contributed by atoms with Crippen LogP contribution < -0.4 is 5.73 Å². The topological polar surface area (TPSA) is 83.6 Å². The summed E-state index contributed by atoms with van der Waals surface area (Å²) in [5, 5.41) is 8.74. The van der Waals surface area contributed by atoms with E-state index in [9.17, 15) is 9.59 Å². The van der Waals surface area contributed by atoms with Gasteiger partial charge in [-0.05, 0) is 23.8 Å². The summed E-state index contributed by atoms with van der Waals surface area (Å²) in [7, 11) is 0. The van der Waals surface area contributed by atoms with Gasteiger partial charge < -0.3 is 10.8 Å². The van der Waals surface area contributed by atoms with Gasteiger partial charge in [-0.15, -0.1) is 0 Å². The van der Waals surface area contributed by atoms with E-state index in [1.165, 1.54) is 0 Å². The predicted octanol–water partition coefficient (Wildman–Crippen LogP) is 2.11. The smallest absolute Gasteiger partial charge is 0.323 e. The molecule has 1 saturated heterocycles. The maximum absolute atomic E-state index is 12.0. The number of hydrogen-bond acceptors (Lipinski definition) is 5. The number of carbonyl (C=O) groups is 2. The number of rotatable bonds is 4. The van der Waals surface area contributed by atoms with Crippen LogP contribution in [0.1, 0.15) is 5.56 Å². The Morgan fingerprint density at radius 3 is 2.67 bits per heavy atom. The molecule has 0 unspecified atom stereocenters. The first-order valence-corrected chi connectivity index (χ1v) is 7.19. The largest absolute Gasteiger partial charge is 0.480 e. The minimum Gasteiger partial charge on any atom is -0.480 e. The molecule has 1 fully saturated rings. The third-order valence-electron chi connectivity index (χ3n) is 2.64. The minimum absolute atomic E-state index is 0.259. The second-order valence-corrected chi connectivity index (χ2v) is 5.89. The fourth-order valence-corrected chi connectivity index (χ4v) is 2.85. The van der Waals surface area contributed by atoms with Crippen molar-refractivity contribution in [3.8, 4) is 0 Å². The van der Waals surface area contributed by atoms with Crippen LogP contribution in [0.25, 0.3) is 6.08 Å². The Morgan fingerprint density at radius 2 is 2.05 bits per heavy atom. The number of nitrogens with two attached hydrogens (primary N) is 1. The number of aliphatic carboxylic acids is 1. The molecule has 1 amide bonds. The van der Waals surface area contributed by atoms with Gasteiger partial charge in [0.25, 0.3) is 5.91 Å². The van der Waals surface area contributed by atoms with Crippen molar-refractivity contribution in [1.29, 1.82) is 0 Å². The summed E-state index contributed by atoms with van der Waals surface area (Å²) >= 11 is 6.09. The number of nitrogen functional groups attached to an aromatic ring is 1. The molecular weight excluding hydrogens is 308 g/mol. The van der Waals surface area contributed by atoms with E-state index in [4.69, 9.17) is 23.1 Å². The molecule has 1 aromatic carbocycles. The summed E-state index contributed by atoms with van der Waals surface area (Å²) in [6.45, 7) is -0.413. The number of anilines is 1. The molecule has 1 aliphatic heterocycles. The summed E-state index contributed by atoms with van der Waals surface area (Å²) in [4.78, 5) is 24.1. The van der Waals surface area contributed by atoms with E-state index in [0.717, 1.165) is 22.2 Å². The second-order valence-electron chi connectivity index (χ2n) is 4.21. The quantitative estimate of drug-likeness (QED) is 0.502. The highest BCUT2D eigenvalue weighted by Gasteiger charge is 2.32. The van der Waals surface area contributed by atoms with Gasteiger partial charge in [-0.25, -0.2) is 0 Å². The lowest BCUT2D eigenvalue weighted by Crippen LogP contribution is -2.33. The van der Waals surface area contributed by atoms with Crippen molar-refractivity contribution < 1.29 is 14.7 Å². The molecular formula is C14H12N2O3S2. The number of benzene rings is 1. The summed E-state index contributed by atoms with van der Waals surface area (Å²) in [6.07, 6.45) is 5.17. The monoisotopic (exact) mass is 320 g/mol. The molecule has 0 radical (unpaired) electrons. The molecule has 0 bridgehead atoms. The summed E-state index contributed by atoms with van der Waals surface area (Å²) in [5.41, 5.74) is 7.22. The van der Waals surface area contributed by atoms with Crippen LogP contribution in [0.15, 0.2) is 41.3 Å². The van der Waals surface area contributed by atoms with Crippen molar-refractivity contribution >= 4 is 51.9 Å². The SMILES string of the molecule is Nc1ccc(C=CC=C2SC(=S)N(CC(=O)O)C2=O)cc1. The minimum atomic E-state index is -1.09. The number of hydrogen-bond donors (Lipinski definition) is 2. The van der Waals surface area contributed by atoms with E-state index in [-0.39, 0.29) is 10.2 Å².